The van der Waals surface area contributed by atoms with Gasteiger partial charge in [0.25, 0.3) is 0 Å². The molecule has 0 aliphatic carbocycles. The lowest BCUT2D eigenvalue weighted by atomic mass is 9.96. The van der Waals surface area contributed by atoms with Crippen molar-refractivity contribution in [3.8, 4) is 11.4 Å². The molecule has 2 atom stereocenters. The summed E-state index contributed by atoms with van der Waals surface area (Å²) in [6.07, 6.45) is 1.78. The molecule has 0 spiro atoms. The average Bonchev–Trinajstić information content (AvgIpc) is 3.48. The van der Waals surface area contributed by atoms with Crippen LogP contribution in [-0.4, -0.2) is 48.1 Å². The number of halogens is 1. The molecule has 5 rings (SSSR count). The number of benzene rings is 2. The van der Waals surface area contributed by atoms with Gasteiger partial charge < -0.3 is 29.0 Å². The first-order valence-corrected chi connectivity index (χ1v) is 13.9. The lowest BCUT2D eigenvalue weighted by molar-refractivity contribution is 0.0600. The van der Waals surface area contributed by atoms with E-state index in [4.69, 9.17) is 38.0 Å². The standard InChI is InChI=1S/C31H31ClN4O4S/c1-19-16-24(20(2)35(19)22-9-7-8-21(17-22)30(37)39-4)29-28(26-10-5-6-13-33-26)34-31(41)36(29)23-11-12-27(25(32)18-23)40-15-14-38-3/h5-13,16-18,28-29H,14-15H2,1-4H3,(H,34,41)/t28-,29+/m1/s1. The number of rotatable bonds is 9. The number of anilines is 1. The molecule has 4 aromatic rings. The van der Waals surface area contributed by atoms with Crippen molar-refractivity contribution in [2.24, 2.45) is 0 Å². The molecule has 0 bridgehead atoms. The molecule has 1 aliphatic rings. The summed E-state index contributed by atoms with van der Waals surface area (Å²) >= 11 is 12.6. The summed E-state index contributed by atoms with van der Waals surface area (Å²) in [6, 6.07) is 20.6. The maximum Gasteiger partial charge on any atom is 0.337 e. The van der Waals surface area contributed by atoms with Gasteiger partial charge in [0.2, 0.25) is 0 Å². The fourth-order valence-corrected chi connectivity index (χ4v) is 5.89. The van der Waals surface area contributed by atoms with Gasteiger partial charge in [0.05, 0.1) is 42.1 Å². The van der Waals surface area contributed by atoms with Gasteiger partial charge in [-0.1, -0.05) is 23.7 Å². The molecule has 0 saturated carbocycles. The van der Waals surface area contributed by atoms with Gasteiger partial charge in [-0.25, -0.2) is 4.79 Å². The van der Waals surface area contributed by atoms with Crippen LogP contribution in [0.4, 0.5) is 5.69 Å². The smallest absolute Gasteiger partial charge is 0.337 e. The molecule has 2 aromatic carbocycles. The monoisotopic (exact) mass is 590 g/mol. The predicted molar refractivity (Wildman–Crippen MR) is 163 cm³/mol. The van der Waals surface area contributed by atoms with Crippen LogP contribution in [0.2, 0.25) is 5.02 Å². The fourth-order valence-electron chi connectivity index (χ4n) is 5.31. The molecular formula is C31H31ClN4O4S. The van der Waals surface area contributed by atoms with Gasteiger partial charge in [0.15, 0.2) is 5.11 Å². The zero-order valence-electron chi connectivity index (χ0n) is 23.3. The Morgan fingerprint density at radius 3 is 2.56 bits per heavy atom. The number of thiocarbonyl (C=S) groups is 1. The van der Waals surface area contributed by atoms with Crippen LogP contribution >= 0.6 is 23.8 Å². The van der Waals surface area contributed by atoms with Crippen LogP contribution in [-0.2, 0) is 9.47 Å². The number of methoxy groups -OCH3 is 2. The van der Waals surface area contributed by atoms with E-state index in [1.54, 1.807) is 19.4 Å². The van der Waals surface area contributed by atoms with Crippen LogP contribution in [0.25, 0.3) is 5.69 Å². The van der Waals surface area contributed by atoms with Gasteiger partial charge in [-0.2, -0.15) is 0 Å². The average molecular weight is 591 g/mol. The van der Waals surface area contributed by atoms with Gasteiger partial charge in [0.1, 0.15) is 12.4 Å². The van der Waals surface area contributed by atoms with Crippen LogP contribution in [0.1, 0.15) is 45.1 Å². The molecule has 0 radical (unpaired) electrons. The summed E-state index contributed by atoms with van der Waals surface area (Å²) in [4.78, 5) is 19.0. The Hall–Kier alpha value is -3.92. The molecule has 41 heavy (non-hydrogen) atoms. The fraction of sp³-hybridized carbons (Fsp3) is 0.258. The lowest BCUT2D eigenvalue weighted by Gasteiger charge is -2.28. The number of aromatic nitrogens is 2. The number of hydrogen-bond acceptors (Lipinski definition) is 6. The molecule has 0 unspecified atom stereocenters. The van der Waals surface area contributed by atoms with E-state index in [1.165, 1.54) is 7.11 Å². The predicted octanol–water partition coefficient (Wildman–Crippen LogP) is 6.13. The maximum absolute atomic E-state index is 12.2. The van der Waals surface area contributed by atoms with Crippen molar-refractivity contribution in [1.82, 2.24) is 14.9 Å². The Labute approximate surface area is 249 Å². The highest BCUT2D eigenvalue weighted by molar-refractivity contribution is 7.80. The topological polar surface area (TPSA) is 77.9 Å². The summed E-state index contributed by atoms with van der Waals surface area (Å²) < 4.78 is 17.9. The Morgan fingerprint density at radius 1 is 1.02 bits per heavy atom. The van der Waals surface area contributed by atoms with Crippen molar-refractivity contribution in [3.63, 3.8) is 0 Å². The number of pyridine rings is 1. The Kier molecular flexibility index (Phi) is 8.58. The second-order valence-electron chi connectivity index (χ2n) is 9.66. The van der Waals surface area contributed by atoms with Gasteiger partial charge in [-0.05, 0) is 86.2 Å². The number of ether oxygens (including phenoxy) is 3. The summed E-state index contributed by atoms with van der Waals surface area (Å²) in [5.41, 5.74) is 6.13. The van der Waals surface area contributed by atoms with E-state index in [1.807, 2.05) is 61.5 Å². The van der Waals surface area contributed by atoms with E-state index in [9.17, 15) is 4.79 Å². The molecule has 1 saturated heterocycles. The van der Waals surface area contributed by atoms with Gasteiger partial charge in [-0.15, -0.1) is 0 Å². The third kappa shape index (κ3) is 5.66. The normalized spacial score (nSPS) is 16.5. The molecule has 2 aromatic heterocycles. The van der Waals surface area contributed by atoms with Crippen molar-refractivity contribution in [2.75, 3.05) is 32.3 Å². The number of esters is 1. The van der Waals surface area contributed by atoms with Gasteiger partial charge >= 0.3 is 5.97 Å². The third-order valence-corrected chi connectivity index (χ3v) is 7.76. The van der Waals surface area contributed by atoms with E-state index < -0.39 is 0 Å². The first kappa shape index (κ1) is 28.6. The van der Waals surface area contributed by atoms with E-state index in [0.717, 1.165) is 34.0 Å². The number of hydrogen-bond donors (Lipinski definition) is 1. The minimum Gasteiger partial charge on any atom is -0.490 e. The van der Waals surface area contributed by atoms with Crippen molar-refractivity contribution >= 4 is 40.6 Å². The molecule has 1 fully saturated rings. The summed E-state index contributed by atoms with van der Waals surface area (Å²) in [6.45, 7) is 4.98. The Balaban J connectivity index is 1.60. The molecule has 10 heteroatoms. The number of nitrogens with zero attached hydrogens (tertiary/aromatic N) is 3. The second-order valence-corrected chi connectivity index (χ2v) is 10.5. The molecule has 1 N–H and O–H groups in total. The largest absolute Gasteiger partial charge is 0.490 e. The van der Waals surface area contributed by atoms with E-state index in [0.29, 0.717) is 34.7 Å². The first-order chi connectivity index (χ1) is 19.8. The highest BCUT2D eigenvalue weighted by Gasteiger charge is 2.42. The van der Waals surface area contributed by atoms with Crippen LogP contribution < -0.4 is 15.0 Å². The van der Waals surface area contributed by atoms with Crippen LogP contribution in [0, 0.1) is 13.8 Å². The van der Waals surface area contributed by atoms with Crippen LogP contribution in [0.15, 0.2) is 72.9 Å². The van der Waals surface area contributed by atoms with E-state index >= 15 is 0 Å². The van der Waals surface area contributed by atoms with E-state index in [2.05, 4.69) is 32.8 Å². The van der Waals surface area contributed by atoms with Crippen molar-refractivity contribution in [2.45, 2.75) is 25.9 Å². The Morgan fingerprint density at radius 2 is 1.85 bits per heavy atom. The molecule has 0 amide bonds. The van der Waals surface area contributed by atoms with Crippen LogP contribution in [0.5, 0.6) is 5.75 Å². The number of nitrogens with one attached hydrogen (secondary N) is 1. The molecule has 212 valence electrons. The Bertz CT molecular complexity index is 1580. The SMILES string of the molecule is COCCOc1ccc(N2C(=S)N[C@H](c3ccccn3)[C@@H]2c2cc(C)n(-c3cccc(C(=O)OC)c3)c2C)cc1Cl. The zero-order chi connectivity index (χ0) is 29.1. The number of aryl methyl sites for hydroxylation is 1. The van der Waals surface area contributed by atoms with E-state index in [-0.39, 0.29) is 18.1 Å². The van der Waals surface area contributed by atoms with Gasteiger partial charge in [0, 0.05) is 36.1 Å². The quantitative estimate of drug-likeness (QED) is 0.142. The van der Waals surface area contributed by atoms with Crippen molar-refractivity contribution < 1.29 is 19.0 Å². The third-order valence-electron chi connectivity index (χ3n) is 7.15. The highest BCUT2D eigenvalue weighted by atomic mass is 35.5. The summed E-state index contributed by atoms with van der Waals surface area (Å²) in [7, 11) is 3.01. The van der Waals surface area contributed by atoms with Crippen molar-refractivity contribution in [3.05, 3.63) is 106 Å². The first-order valence-electron chi connectivity index (χ1n) is 13.1. The lowest BCUT2D eigenvalue weighted by Crippen LogP contribution is -2.29. The molecule has 8 nitrogen and oxygen atoms in total. The minimum absolute atomic E-state index is 0.226. The highest BCUT2D eigenvalue weighted by Crippen LogP contribution is 2.45. The molecule has 1 aliphatic heterocycles. The van der Waals surface area contributed by atoms with Crippen molar-refractivity contribution in [1.29, 1.82) is 0 Å². The van der Waals surface area contributed by atoms with Crippen LogP contribution in [0.3, 0.4) is 0 Å². The molecule has 3 heterocycles. The second kappa shape index (κ2) is 12.3. The molecular weight excluding hydrogens is 560 g/mol. The number of carbonyl (C=O) groups is 1. The summed E-state index contributed by atoms with van der Waals surface area (Å²) in [5.74, 6) is 0.194. The summed E-state index contributed by atoms with van der Waals surface area (Å²) in [5, 5.41) is 4.54. The maximum atomic E-state index is 12.2. The van der Waals surface area contributed by atoms with Gasteiger partial charge in [-0.3, -0.25) is 4.98 Å². The number of carbonyl (C=O) groups excluding carboxylic acids is 1. The zero-order valence-corrected chi connectivity index (χ0v) is 24.8. The minimum atomic E-state index is -0.382.